The Bertz CT molecular complexity index is 176. The summed E-state index contributed by atoms with van der Waals surface area (Å²) >= 11 is 0. The van der Waals surface area contributed by atoms with Gasteiger partial charge in [0.2, 0.25) is 5.91 Å². The monoisotopic (exact) mass is 169 g/mol. The van der Waals surface area contributed by atoms with Gasteiger partial charge in [0.1, 0.15) is 7.85 Å². The Labute approximate surface area is 72.7 Å². The van der Waals surface area contributed by atoms with Crippen molar-refractivity contribution in [3.8, 4) is 0 Å². The molecule has 12 heavy (non-hydrogen) atoms. The second-order valence-corrected chi connectivity index (χ2v) is 2.95. The Balaban J connectivity index is 2.28. The van der Waals surface area contributed by atoms with Crippen LogP contribution in [0.1, 0.15) is 13.3 Å². The Morgan fingerprint density at radius 2 is 2.50 bits per heavy atom. The van der Waals surface area contributed by atoms with Gasteiger partial charge >= 0.3 is 0 Å². The molecule has 0 aromatic rings. The van der Waals surface area contributed by atoms with E-state index >= 15 is 0 Å². The Morgan fingerprint density at radius 3 is 2.92 bits per heavy atom. The van der Waals surface area contributed by atoms with E-state index in [4.69, 9.17) is 12.6 Å². The van der Waals surface area contributed by atoms with Crippen LogP contribution in [0.5, 0.6) is 0 Å². The van der Waals surface area contributed by atoms with Crippen molar-refractivity contribution in [1.82, 2.24) is 5.32 Å². The summed E-state index contributed by atoms with van der Waals surface area (Å²) in [6, 6.07) is -0.404. The summed E-state index contributed by atoms with van der Waals surface area (Å²) in [5.41, 5.74) is 0. The number of amides is 1. The maximum absolute atomic E-state index is 10.5. The molecular formula is C7H12BNO3. The normalized spacial score (nSPS) is 35.0. The third-order valence-electron chi connectivity index (χ3n) is 1.80. The van der Waals surface area contributed by atoms with Crippen molar-refractivity contribution in [3.63, 3.8) is 0 Å². The first-order valence-corrected chi connectivity index (χ1v) is 3.93. The van der Waals surface area contributed by atoms with Gasteiger partial charge in [0.05, 0.1) is 12.2 Å². The molecule has 1 amide bonds. The van der Waals surface area contributed by atoms with E-state index in [0.29, 0.717) is 13.0 Å². The van der Waals surface area contributed by atoms with Crippen molar-refractivity contribution in [2.45, 2.75) is 31.6 Å². The molecule has 1 aliphatic rings. The van der Waals surface area contributed by atoms with Gasteiger partial charge in [0.15, 0.2) is 0 Å². The molecule has 0 bridgehead atoms. The van der Waals surface area contributed by atoms with E-state index in [1.165, 1.54) is 6.92 Å². The van der Waals surface area contributed by atoms with Crippen LogP contribution in [0.25, 0.3) is 0 Å². The molecule has 2 N–H and O–H groups in total. The zero-order valence-electron chi connectivity index (χ0n) is 6.99. The van der Waals surface area contributed by atoms with Gasteiger partial charge in [-0.25, -0.2) is 0 Å². The molecule has 1 fully saturated rings. The lowest BCUT2D eigenvalue weighted by atomic mass is 9.96. The van der Waals surface area contributed by atoms with Gasteiger partial charge in [-0.15, -0.1) is 0 Å². The molecule has 66 valence electrons. The number of aliphatic hydroxyl groups excluding tert-OH is 1. The lowest BCUT2D eigenvalue weighted by Gasteiger charge is -2.13. The second kappa shape index (κ2) is 3.91. The van der Waals surface area contributed by atoms with Crippen LogP contribution in [0.15, 0.2) is 0 Å². The van der Waals surface area contributed by atoms with E-state index < -0.39 is 12.1 Å². The first-order chi connectivity index (χ1) is 5.59. The Morgan fingerprint density at radius 1 is 1.83 bits per heavy atom. The quantitative estimate of drug-likeness (QED) is 0.508. The number of nitrogens with one attached hydrogen (secondary N) is 1. The van der Waals surface area contributed by atoms with E-state index in [-0.39, 0.29) is 12.0 Å². The highest BCUT2D eigenvalue weighted by molar-refractivity contribution is 6.11. The molecule has 5 heteroatoms. The summed E-state index contributed by atoms with van der Waals surface area (Å²) in [7, 11) is 5.43. The van der Waals surface area contributed by atoms with E-state index in [1.807, 2.05) is 0 Å². The molecule has 4 nitrogen and oxygen atoms in total. The molecule has 3 atom stereocenters. The summed E-state index contributed by atoms with van der Waals surface area (Å²) < 4.78 is 5.14. The molecule has 1 rings (SSSR count). The zero-order chi connectivity index (χ0) is 9.14. The van der Waals surface area contributed by atoms with Crippen molar-refractivity contribution >= 4 is 13.8 Å². The number of carbonyl (C=O) groups is 1. The average molecular weight is 169 g/mol. The number of hydrogen-bond donors (Lipinski definition) is 2. The largest absolute Gasteiger partial charge is 0.390 e. The minimum atomic E-state index is -0.563. The smallest absolute Gasteiger partial charge is 0.216 e. The number of aliphatic hydroxyl groups is 1. The fourth-order valence-corrected chi connectivity index (χ4v) is 1.19. The average Bonchev–Trinajstić information content (AvgIpc) is 2.26. The highest BCUT2D eigenvalue weighted by atomic mass is 16.5. The number of ether oxygens (including phenoxy) is 1. The van der Waals surface area contributed by atoms with Crippen LogP contribution < -0.4 is 5.32 Å². The third kappa shape index (κ3) is 2.50. The minimum Gasteiger partial charge on any atom is -0.390 e. The summed E-state index contributed by atoms with van der Waals surface area (Å²) in [4.78, 5) is 10.5. The van der Waals surface area contributed by atoms with Crippen molar-refractivity contribution in [2.75, 3.05) is 6.54 Å². The third-order valence-corrected chi connectivity index (χ3v) is 1.80. The molecular weight excluding hydrogens is 157 g/mol. The molecule has 1 saturated heterocycles. The van der Waals surface area contributed by atoms with Gasteiger partial charge in [-0.1, -0.05) is 0 Å². The molecule has 1 aliphatic heterocycles. The molecule has 2 radical (unpaired) electrons. The molecule has 0 spiro atoms. The zero-order valence-corrected chi connectivity index (χ0v) is 6.99. The molecule has 0 saturated carbocycles. The second-order valence-electron chi connectivity index (χ2n) is 2.95. The fraction of sp³-hybridized carbons (Fsp3) is 0.857. The maximum atomic E-state index is 10.5. The number of carbonyl (C=O) groups excluding carboxylic acids is 1. The lowest BCUT2D eigenvalue weighted by Crippen LogP contribution is -2.35. The molecule has 0 aromatic carbocycles. The molecule has 1 unspecified atom stereocenters. The maximum Gasteiger partial charge on any atom is 0.216 e. The summed E-state index contributed by atoms with van der Waals surface area (Å²) in [6.45, 7) is 1.74. The van der Waals surface area contributed by atoms with Gasteiger partial charge in [-0.3, -0.25) is 4.79 Å². The Kier molecular flexibility index (Phi) is 3.11. The van der Waals surface area contributed by atoms with Crippen molar-refractivity contribution < 1.29 is 14.6 Å². The topological polar surface area (TPSA) is 58.6 Å². The van der Waals surface area contributed by atoms with Gasteiger partial charge in [-0.2, -0.15) is 0 Å². The summed E-state index contributed by atoms with van der Waals surface area (Å²) in [5.74, 6) is -0.133. The predicted molar refractivity (Wildman–Crippen MR) is 43.7 cm³/mol. The van der Waals surface area contributed by atoms with Gasteiger partial charge in [-0.05, 0) is 6.42 Å². The van der Waals surface area contributed by atoms with Crippen molar-refractivity contribution in [3.05, 3.63) is 0 Å². The van der Waals surface area contributed by atoms with Crippen molar-refractivity contribution in [2.24, 2.45) is 0 Å². The molecule has 0 aliphatic carbocycles. The van der Waals surface area contributed by atoms with Crippen LogP contribution in [0, 0.1) is 0 Å². The lowest BCUT2D eigenvalue weighted by molar-refractivity contribution is -0.119. The minimum absolute atomic E-state index is 0.133. The standard InChI is InChI=1S/C7H12BNO3/c1-4(10)9-3-6-5(11)2-7(8)12-6/h5-7,11H,2-3H2,1H3,(H,9,10)/t5?,6-,7-/m1/s1. The Hall–Kier alpha value is -0.545. The highest BCUT2D eigenvalue weighted by Crippen LogP contribution is 2.17. The van der Waals surface area contributed by atoms with E-state index in [2.05, 4.69) is 5.32 Å². The van der Waals surface area contributed by atoms with Crippen LogP contribution >= 0.6 is 0 Å². The van der Waals surface area contributed by atoms with Gasteiger partial charge in [0.25, 0.3) is 0 Å². The van der Waals surface area contributed by atoms with Gasteiger partial charge in [0, 0.05) is 19.5 Å². The van der Waals surface area contributed by atoms with Crippen molar-refractivity contribution in [1.29, 1.82) is 0 Å². The fourth-order valence-electron chi connectivity index (χ4n) is 1.19. The SMILES string of the molecule is [B][C@H]1CC(O)[C@@H](CNC(C)=O)O1. The van der Waals surface area contributed by atoms with Crippen LogP contribution in [0.3, 0.4) is 0 Å². The summed E-state index contributed by atoms with van der Waals surface area (Å²) in [5, 5.41) is 11.9. The van der Waals surface area contributed by atoms with E-state index in [0.717, 1.165) is 0 Å². The van der Waals surface area contributed by atoms with Crippen LogP contribution in [-0.4, -0.2) is 43.6 Å². The number of rotatable bonds is 2. The van der Waals surface area contributed by atoms with Crippen LogP contribution in [-0.2, 0) is 9.53 Å². The molecule has 1 heterocycles. The van der Waals surface area contributed by atoms with Gasteiger partial charge < -0.3 is 15.2 Å². The first-order valence-electron chi connectivity index (χ1n) is 3.93. The predicted octanol–water partition coefficient (Wildman–Crippen LogP) is -1.23. The van der Waals surface area contributed by atoms with E-state index in [9.17, 15) is 9.90 Å². The van der Waals surface area contributed by atoms with Crippen LogP contribution in [0.2, 0.25) is 0 Å². The number of hydrogen-bond acceptors (Lipinski definition) is 3. The van der Waals surface area contributed by atoms with Crippen LogP contribution in [0.4, 0.5) is 0 Å². The highest BCUT2D eigenvalue weighted by Gasteiger charge is 2.30. The molecule has 0 aromatic heterocycles. The summed E-state index contributed by atoms with van der Waals surface area (Å²) in [6.07, 6.45) is -0.486. The van der Waals surface area contributed by atoms with E-state index in [1.54, 1.807) is 0 Å². The first kappa shape index (κ1) is 9.54.